The Kier molecular flexibility index (Phi) is 14.9. The van der Waals surface area contributed by atoms with E-state index in [2.05, 4.69) is 0 Å². The summed E-state index contributed by atoms with van der Waals surface area (Å²) in [4.78, 5) is 0. The summed E-state index contributed by atoms with van der Waals surface area (Å²) >= 11 is 17.6. The largest absolute Gasteiger partial charge is 0.394 e. The van der Waals surface area contributed by atoms with E-state index in [9.17, 15) is 51.1 Å². The number of rotatable bonds is 10. The molecule has 18 atom stereocenters. The van der Waals surface area contributed by atoms with E-state index in [1.54, 1.807) is 6.92 Å². The summed E-state index contributed by atoms with van der Waals surface area (Å²) < 4.78 is 32.1. The molecule has 21 heteroatoms. The molecule has 0 aromatic carbocycles. The molecule has 0 unspecified atom stereocenters. The quantitative estimate of drug-likeness (QED) is 0.0930. The first-order valence-corrected chi connectivity index (χ1v) is 15.8. The fourth-order valence-electron chi connectivity index (χ4n) is 5.41. The van der Waals surface area contributed by atoms with Crippen molar-refractivity contribution in [2.45, 2.75) is 110 Å². The minimum absolute atomic E-state index is 0.125. The summed E-state index contributed by atoms with van der Waals surface area (Å²) in [5.74, 6) is -4.35. The van der Waals surface area contributed by atoms with Crippen LogP contribution in [0.4, 0.5) is 0 Å². The zero-order chi connectivity index (χ0) is 34.7. The van der Waals surface area contributed by atoms with Crippen LogP contribution in [0, 0.1) is 5.92 Å². The molecular weight excluding hydrogens is 695 g/mol. The van der Waals surface area contributed by atoms with E-state index in [0.717, 1.165) is 0 Å². The molecule has 0 bridgehead atoms. The Labute approximate surface area is 278 Å². The maximum absolute atomic E-state index is 10.4. The van der Waals surface area contributed by atoms with Crippen LogP contribution in [0.2, 0.25) is 0 Å². The van der Waals surface area contributed by atoms with E-state index in [0.29, 0.717) is 0 Å². The van der Waals surface area contributed by atoms with E-state index < -0.39 is 129 Å². The fourth-order valence-corrected chi connectivity index (χ4v) is 6.33. The molecule has 0 radical (unpaired) electrons. The van der Waals surface area contributed by atoms with Gasteiger partial charge in [0.1, 0.15) is 73.8 Å². The van der Waals surface area contributed by atoms with E-state index in [4.69, 9.17) is 73.4 Å². The monoisotopic (exact) mass is 736 g/mol. The molecule has 0 aromatic rings. The van der Waals surface area contributed by atoms with Gasteiger partial charge in [0.2, 0.25) is 11.6 Å². The van der Waals surface area contributed by atoms with E-state index in [1.807, 2.05) is 0 Å². The lowest BCUT2D eigenvalue weighted by atomic mass is 9.97. The minimum Gasteiger partial charge on any atom is -0.394 e. The van der Waals surface area contributed by atoms with Gasteiger partial charge < -0.3 is 89.7 Å². The molecule has 12 N–H and O–H groups in total. The molecular formula is C25H43Cl3O18. The van der Waals surface area contributed by atoms with Crippen molar-refractivity contribution in [3.05, 3.63) is 0 Å². The Morgan fingerprint density at radius 3 is 1.54 bits per heavy atom. The third-order valence-electron chi connectivity index (χ3n) is 8.41. The van der Waals surface area contributed by atoms with Gasteiger partial charge in [0.05, 0.1) is 37.2 Å². The molecule has 18 nitrogen and oxygen atoms in total. The number of alkyl halides is 3. The van der Waals surface area contributed by atoms with Crippen molar-refractivity contribution < 1.29 is 89.7 Å². The van der Waals surface area contributed by atoms with E-state index in [1.165, 1.54) is 0 Å². The Balaban J connectivity index is 0.000000250. The molecule has 0 spiro atoms. The average Bonchev–Trinajstić information content (AvgIpc) is 3.45. The lowest BCUT2D eigenvalue weighted by Gasteiger charge is -2.43. The van der Waals surface area contributed by atoms with Crippen LogP contribution in [0.3, 0.4) is 0 Å². The maximum atomic E-state index is 10.4. The normalized spacial score (nSPS) is 51.1. The molecule has 0 aliphatic carbocycles. The predicted molar refractivity (Wildman–Crippen MR) is 151 cm³/mol. The second kappa shape index (κ2) is 16.9. The first-order valence-electron chi connectivity index (χ1n) is 14.3. The van der Waals surface area contributed by atoms with Crippen LogP contribution in [-0.4, -0.2) is 202 Å². The molecule has 4 rings (SSSR count). The standard InChI is InChI=1S/C13H21Cl3O7.C12H22O11/c1-5-6(2-14)22-13(4-15,11(5)20)23-12-10(19)9(18)8(16)7(3-17)21-12;13-1-4-6(16)8(18)9(19)11(21-4)23-12(3-15)10(20)7(17)5(2-14)22-12/h5-12,17-20H,2-4H2,1H3;4-11,13-20H,1-3H2/t5-,6-,7-,8+,9+,10-,11+,12-,13+;4-,5-,6-,7-,8+,9-,10+,11-,12+/m11/s1. The van der Waals surface area contributed by atoms with Crippen LogP contribution >= 0.6 is 34.8 Å². The molecule has 0 aromatic heterocycles. The number of hydrogen-bond donors (Lipinski definition) is 12. The first-order chi connectivity index (χ1) is 21.6. The molecule has 4 aliphatic heterocycles. The fraction of sp³-hybridized carbons (Fsp3) is 1.00. The lowest BCUT2D eigenvalue weighted by molar-refractivity contribution is -0.383. The number of aliphatic hydroxyl groups is 12. The summed E-state index contributed by atoms with van der Waals surface area (Å²) in [5, 5.41) is 115. The highest BCUT2D eigenvalue weighted by atomic mass is 35.5. The van der Waals surface area contributed by atoms with Crippen LogP contribution in [0.1, 0.15) is 6.92 Å². The van der Waals surface area contributed by atoms with Crippen LogP contribution < -0.4 is 0 Å². The summed E-state index contributed by atoms with van der Waals surface area (Å²) in [5.41, 5.74) is 0. The second-order valence-electron chi connectivity index (χ2n) is 11.4. The van der Waals surface area contributed by atoms with Crippen molar-refractivity contribution in [1.29, 1.82) is 0 Å². The minimum atomic E-state index is -2.22. The van der Waals surface area contributed by atoms with Crippen molar-refractivity contribution in [3.8, 4) is 0 Å². The summed E-state index contributed by atoms with van der Waals surface area (Å²) in [7, 11) is 0. The van der Waals surface area contributed by atoms with Gasteiger partial charge in [-0.25, -0.2) is 0 Å². The second-order valence-corrected chi connectivity index (χ2v) is 12.5. The maximum Gasteiger partial charge on any atom is 0.224 e. The Hall–Kier alpha value is 0.150. The van der Waals surface area contributed by atoms with Gasteiger partial charge in [-0.1, -0.05) is 6.92 Å². The topological polar surface area (TPSA) is 298 Å². The average molecular weight is 738 g/mol. The van der Waals surface area contributed by atoms with Gasteiger partial charge in [0.25, 0.3) is 0 Å². The van der Waals surface area contributed by atoms with Gasteiger partial charge in [-0.15, -0.1) is 34.8 Å². The van der Waals surface area contributed by atoms with Crippen LogP contribution in [0.15, 0.2) is 0 Å². The Bertz CT molecular complexity index is 871. The Morgan fingerprint density at radius 1 is 0.587 bits per heavy atom. The number of aliphatic hydroxyl groups excluding tert-OH is 12. The molecule has 272 valence electrons. The van der Waals surface area contributed by atoms with Crippen LogP contribution in [0.25, 0.3) is 0 Å². The van der Waals surface area contributed by atoms with Gasteiger partial charge in [-0.05, 0) is 0 Å². The van der Waals surface area contributed by atoms with Crippen molar-refractivity contribution in [2.75, 3.05) is 38.2 Å². The molecule has 4 heterocycles. The van der Waals surface area contributed by atoms with Crippen molar-refractivity contribution in [1.82, 2.24) is 0 Å². The Morgan fingerprint density at radius 2 is 1.09 bits per heavy atom. The first kappa shape index (κ1) is 40.6. The highest BCUT2D eigenvalue weighted by Gasteiger charge is 2.59. The summed E-state index contributed by atoms with van der Waals surface area (Å²) in [6, 6.07) is 0. The smallest absolute Gasteiger partial charge is 0.224 e. The van der Waals surface area contributed by atoms with Crippen LogP contribution in [-0.2, 0) is 28.4 Å². The van der Waals surface area contributed by atoms with Gasteiger partial charge >= 0.3 is 0 Å². The third-order valence-corrected chi connectivity index (χ3v) is 9.63. The highest BCUT2D eigenvalue weighted by Crippen LogP contribution is 2.41. The summed E-state index contributed by atoms with van der Waals surface area (Å²) in [6.45, 7) is -1.07. The molecule has 0 amide bonds. The highest BCUT2D eigenvalue weighted by molar-refractivity contribution is 6.21. The van der Waals surface area contributed by atoms with Gasteiger partial charge in [0.15, 0.2) is 12.6 Å². The van der Waals surface area contributed by atoms with E-state index >= 15 is 0 Å². The SMILES string of the molecule is C[C@@H]1[C@@H](CCl)O[C@@](CCl)(O[C@H]2O[C@H](CO)[C@H](Cl)[C@H](O)[C@H]2O)[C@H]1O.OC[C@H]1O[C@@](CO)(O[C@H]2O[C@H](CO)[C@@H](O)[C@H](O)[C@H]2O)[C@@H](O)[C@@H]1O. The van der Waals surface area contributed by atoms with Gasteiger partial charge in [0, 0.05) is 11.8 Å². The summed E-state index contributed by atoms with van der Waals surface area (Å²) in [6.07, 6.45) is -19.5. The van der Waals surface area contributed by atoms with Crippen molar-refractivity contribution >= 4 is 34.8 Å². The number of hydrogen-bond acceptors (Lipinski definition) is 18. The van der Waals surface area contributed by atoms with E-state index in [-0.39, 0.29) is 17.7 Å². The molecule has 4 aliphatic rings. The van der Waals surface area contributed by atoms with Gasteiger partial charge in [-0.3, -0.25) is 0 Å². The van der Waals surface area contributed by atoms with Gasteiger partial charge in [-0.2, -0.15) is 0 Å². The molecule has 4 saturated heterocycles. The van der Waals surface area contributed by atoms with Crippen LogP contribution in [0.5, 0.6) is 0 Å². The van der Waals surface area contributed by atoms with Crippen molar-refractivity contribution in [2.24, 2.45) is 5.92 Å². The lowest BCUT2D eigenvalue weighted by Crippen LogP contribution is -2.62. The molecule has 4 fully saturated rings. The van der Waals surface area contributed by atoms with Crippen molar-refractivity contribution in [3.63, 3.8) is 0 Å². The number of ether oxygens (including phenoxy) is 6. The zero-order valence-corrected chi connectivity index (χ0v) is 26.7. The predicted octanol–water partition coefficient (Wildman–Crippen LogP) is -5.78. The third kappa shape index (κ3) is 7.88. The molecule has 0 saturated carbocycles. The zero-order valence-electron chi connectivity index (χ0n) is 24.4. The number of halogens is 3. The molecule has 46 heavy (non-hydrogen) atoms.